The largest absolute Gasteiger partial charge is 0.450 e. The normalized spacial score (nSPS) is 21.0. The van der Waals surface area contributed by atoms with Gasteiger partial charge in [0.05, 0.1) is 4.92 Å². The molecule has 0 bridgehead atoms. The predicted molar refractivity (Wildman–Crippen MR) is 108 cm³/mol. The van der Waals surface area contributed by atoms with Gasteiger partial charge in [0.15, 0.2) is 6.61 Å². The van der Waals surface area contributed by atoms with Crippen LogP contribution in [-0.4, -0.2) is 40.9 Å². The Hall–Kier alpha value is -3.16. The number of hydrogen-bond donors (Lipinski definition) is 0. The minimum atomic E-state index is -0.700. The van der Waals surface area contributed by atoms with Gasteiger partial charge in [-0.15, -0.1) is 0 Å². The Morgan fingerprint density at radius 2 is 1.80 bits per heavy atom. The molecule has 8 nitrogen and oxygen atoms in total. The molecule has 8 heteroatoms. The van der Waals surface area contributed by atoms with Gasteiger partial charge in [0, 0.05) is 30.3 Å². The first-order chi connectivity index (χ1) is 14.5. The van der Waals surface area contributed by atoms with Crippen molar-refractivity contribution in [3.8, 4) is 11.3 Å². The van der Waals surface area contributed by atoms with Crippen LogP contribution in [0.15, 0.2) is 40.8 Å². The van der Waals surface area contributed by atoms with Crippen LogP contribution in [0.4, 0.5) is 5.69 Å². The van der Waals surface area contributed by atoms with Gasteiger partial charge in [-0.25, -0.2) is 4.79 Å². The fraction of sp³-hybridized carbons (Fsp3) is 0.455. The first kappa shape index (κ1) is 20.1. The molecule has 1 aromatic heterocycles. The van der Waals surface area contributed by atoms with Crippen LogP contribution in [0.5, 0.6) is 0 Å². The molecule has 158 valence electrons. The number of nitro groups is 1. The summed E-state index contributed by atoms with van der Waals surface area (Å²) in [4.78, 5) is 37.2. The second-order valence-electron chi connectivity index (χ2n) is 7.89. The molecule has 1 saturated carbocycles. The van der Waals surface area contributed by atoms with Crippen LogP contribution >= 0.6 is 0 Å². The Kier molecular flexibility index (Phi) is 5.83. The number of non-ortho nitro benzene ring substituents is 1. The van der Waals surface area contributed by atoms with Crippen molar-refractivity contribution in [2.24, 2.45) is 5.92 Å². The van der Waals surface area contributed by atoms with E-state index in [2.05, 4.69) is 0 Å². The summed E-state index contributed by atoms with van der Waals surface area (Å²) in [5.41, 5.74) is 0.578. The van der Waals surface area contributed by atoms with E-state index in [0.29, 0.717) is 17.2 Å². The van der Waals surface area contributed by atoms with Crippen molar-refractivity contribution < 1.29 is 23.7 Å². The van der Waals surface area contributed by atoms with E-state index < -0.39 is 10.9 Å². The number of furan rings is 1. The SMILES string of the molecule is O=C(OCC(=O)N1CCC[C@H]2CCCC[C@H]21)c1ccc(-c2ccc([N+](=O)[O-])cc2)o1. The highest BCUT2D eigenvalue weighted by atomic mass is 16.6. The molecule has 2 atom stereocenters. The molecule has 1 aliphatic heterocycles. The summed E-state index contributed by atoms with van der Waals surface area (Å²) in [5, 5.41) is 10.8. The maximum Gasteiger partial charge on any atom is 0.374 e. The van der Waals surface area contributed by atoms with Crippen molar-refractivity contribution in [3.63, 3.8) is 0 Å². The lowest BCUT2D eigenvalue weighted by atomic mass is 9.78. The number of hydrogen-bond acceptors (Lipinski definition) is 6. The Bertz CT molecular complexity index is 933. The van der Waals surface area contributed by atoms with E-state index in [0.717, 1.165) is 25.8 Å². The second kappa shape index (κ2) is 8.69. The highest BCUT2D eigenvalue weighted by Gasteiger charge is 2.35. The Labute approximate surface area is 173 Å². The van der Waals surface area contributed by atoms with E-state index >= 15 is 0 Å². The van der Waals surface area contributed by atoms with Gasteiger partial charge in [0.25, 0.3) is 11.6 Å². The molecule has 2 fully saturated rings. The molecule has 0 spiro atoms. The molecule has 4 rings (SSSR count). The van der Waals surface area contributed by atoms with Gasteiger partial charge in [-0.1, -0.05) is 12.8 Å². The molecule has 0 unspecified atom stereocenters. The lowest BCUT2D eigenvalue weighted by molar-refractivity contribution is -0.384. The smallest absolute Gasteiger partial charge is 0.374 e. The second-order valence-corrected chi connectivity index (χ2v) is 7.89. The van der Waals surface area contributed by atoms with Crippen LogP contribution in [-0.2, 0) is 9.53 Å². The molecule has 1 amide bonds. The molecule has 2 aromatic rings. The molecule has 0 radical (unpaired) electrons. The van der Waals surface area contributed by atoms with Gasteiger partial charge < -0.3 is 14.1 Å². The number of ether oxygens (including phenoxy) is 1. The summed E-state index contributed by atoms with van der Waals surface area (Å²) in [5.74, 6) is 0.104. The lowest BCUT2D eigenvalue weighted by Gasteiger charge is -2.44. The molecule has 1 saturated heterocycles. The summed E-state index contributed by atoms with van der Waals surface area (Å²) in [6, 6.07) is 9.17. The maximum atomic E-state index is 12.7. The van der Waals surface area contributed by atoms with E-state index in [1.807, 2.05) is 4.90 Å². The highest BCUT2D eigenvalue weighted by molar-refractivity contribution is 5.89. The number of benzene rings is 1. The first-order valence-electron chi connectivity index (χ1n) is 10.3. The number of esters is 1. The van der Waals surface area contributed by atoms with Gasteiger partial charge in [0.2, 0.25) is 5.76 Å². The van der Waals surface area contributed by atoms with Gasteiger partial charge in [0.1, 0.15) is 5.76 Å². The fourth-order valence-corrected chi connectivity index (χ4v) is 4.57. The van der Waals surface area contributed by atoms with E-state index in [4.69, 9.17) is 9.15 Å². The average Bonchev–Trinajstić information content (AvgIpc) is 3.27. The number of rotatable bonds is 5. The zero-order chi connectivity index (χ0) is 21.1. The van der Waals surface area contributed by atoms with E-state index in [1.165, 1.54) is 37.5 Å². The van der Waals surface area contributed by atoms with Crippen molar-refractivity contribution in [3.05, 3.63) is 52.3 Å². The van der Waals surface area contributed by atoms with Crippen molar-refractivity contribution in [2.45, 2.75) is 44.6 Å². The van der Waals surface area contributed by atoms with E-state index in [-0.39, 0.29) is 30.0 Å². The third-order valence-corrected chi connectivity index (χ3v) is 6.06. The minimum absolute atomic E-state index is 0.00894. The first-order valence-corrected chi connectivity index (χ1v) is 10.3. The summed E-state index contributed by atoms with van der Waals surface area (Å²) in [6.45, 7) is 0.429. The number of fused-ring (bicyclic) bond motifs is 1. The summed E-state index contributed by atoms with van der Waals surface area (Å²) >= 11 is 0. The van der Waals surface area contributed by atoms with Crippen molar-refractivity contribution >= 4 is 17.6 Å². The number of nitro benzene ring substituents is 1. The number of nitrogens with zero attached hydrogens (tertiary/aromatic N) is 2. The fourth-order valence-electron chi connectivity index (χ4n) is 4.57. The van der Waals surface area contributed by atoms with Gasteiger partial charge in [-0.05, 0) is 55.9 Å². The molecule has 1 aromatic carbocycles. The summed E-state index contributed by atoms with van der Waals surface area (Å²) in [6.07, 6.45) is 6.74. The number of likely N-dealkylation sites (tertiary alicyclic amines) is 1. The number of carbonyl (C=O) groups is 2. The third kappa shape index (κ3) is 4.22. The Morgan fingerprint density at radius 3 is 2.57 bits per heavy atom. The van der Waals surface area contributed by atoms with Gasteiger partial charge >= 0.3 is 5.97 Å². The molecular weight excluding hydrogens is 388 g/mol. The summed E-state index contributed by atoms with van der Waals surface area (Å²) < 4.78 is 10.7. The Balaban J connectivity index is 1.35. The minimum Gasteiger partial charge on any atom is -0.450 e. The average molecular weight is 412 g/mol. The summed E-state index contributed by atoms with van der Waals surface area (Å²) in [7, 11) is 0. The zero-order valence-electron chi connectivity index (χ0n) is 16.6. The quantitative estimate of drug-likeness (QED) is 0.414. The van der Waals surface area contributed by atoms with Crippen molar-refractivity contribution in [1.82, 2.24) is 4.90 Å². The van der Waals surface area contributed by atoms with Crippen molar-refractivity contribution in [2.75, 3.05) is 13.2 Å². The third-order valence-electron chi connectivity index (χ3n) is 6.06. The van der Waals surface area contributed by atoms with Crippen LogP contribution < -0.4 is 0 Å². The van der Waals surface area contributed by atoms with E-state index in [1.54, 1.807) is 18.2 Å². The van der Waals surface area contributed by atoms with Crippen molar-refractivity contribution in [1.29, 1.82) is 0 Å². The molecule has 30 heavy (non-hydrogen) atoms. The van der Waals surface area contributed by atoms with Crippen LogP contribution in [0.3, 0.4) is 0 Å². The van der Waals surface area contributed by atoms with Gasteiger partial charge in [-0.3, -0.25) is 14.9 Å². The molecular formula is C22H24N2O6. The van der Waals surface area contributed by atoms with Crippen LogP contribution in [0.25, 0.3) is 11.3 Å². The molecule has 0 N–H and O–H groups in total. The number of piperidine rings is 1. The molecule has 1 aliphatic carbocycles. The van der Waals surface area contributed by atoms with Crippen LogP contribution in [0, 0.1) is 16.0 Å². The number of amides is 1. The molecule has 2 heterocycles. The van der Waals surface area contributed by atoms with E-state index in [9.17, 15) is 19.7 Å². The van der Waals surface area contributed by atoms with Crippen LogP contribution in [0.2, 0.25) is 0 Å². The standard InChI is InChI=1S/C22H24N2O6/c25-21(23-13-3-5-15-4-1-2-6-18(15)23)14-29-22(26)20-12-11-19(30-20)16-7-9-17(10-8-16)24(27)28/h7-12,15,18H,1-6,13-14H2/t15-,18-/m1/s1. The highest BCUT2D eigenvalue weighted by Crippen LogP contribution is 2.35. The van der Waals surface area contributed by atoms with Crippen LogP contribution in [0.1, 0.15) is 49.1 Å². The topological polar surface area (TPSA) is 103 Å². The zero-order valence-corrected chi connectivity index (χ0v) is 16.6. The lowest BCUT2D eigenvalue weighted by Crippen LogP contribution is -2.50. The Morgan fingerprint density at radius 1 is 1.07 bits per heavy atom. The maximum absolute atomic E-state index is 12.7. The monoisotopic (exact) mass is 412 g/mol. The number of carbonyl (C=O) groups excluding carboxylic acids is 2. The predicted octanol–water partition coefficient (Wildman–Crippen LogP) is 4.19. The van der Waals surface area contributed by atoms with Gasteiger partial charge in [-0.2, -0.15) is 0 Å². The molecule has 2 aliphatic rings.